The Hall–Kier alpha value is -1.76. The minimum atomic E-state index is 1.37. The number of aryl methyl sites for hydroxylation is 4. The van der Waals surface area contributed by atoms with E-state index >= 15 is 0 Å². The summed E-state index contributed by atoms with van der Waals surface area (Å²) in [5, 5.41) is 5.57. The fourth-order valence-electron chi connectivity index (χ4n) is 3.07. The number of benzene rings is 2. The van der Waals surface area contributed by atoms with Gasteiger partial charge in [-0.05, 0) is 13.8 Å². The van der Waals surface area contributed by atoms with Gasteiger partial charge in [0.1, 0.15) is 0 Å². The molecule has 0 aliphatic rings. The molecule has 0 aliphatic carbocycles. The maximum Gasteiger partial charge on any atom is -0.0488 e. The van der Waals surface area contributed by atoms with Crippen LogP contribution in [0.2, 0.25) is 0 Å². The molecule has 0 atom stereocenters. The molecule has 0 spiro atoms. The molecule has 0 amide bonds. The van der Waals surface area contributed by atoms with Crippen LogP contribution >= 0.6 is 0 Å². The molecule has 0 N–H and O–H groups in total. The van der Waals surface area contributed by atoms with Crippen molar-refractivity contribution in [2.24, 2.45) is 0 Å². The van der Waals surface area contributed by atoms with Gasteiger partial charge in [0.05, 0.1) is 0 Å². The van der Waals surface area contributed by atoms with Gasteiger partial charge >= 0.3 is 31.2 Å². The average Bonchev–Trinajstić information content (AvgIpc) is 3.26. The van der Waals surface area contributed by atoms with Crippen LogP contribution in [-0.2, 0) is 20.0 Å². The molecular formula is C24H26Ti. The molecule has 0 saturated carbocycles. The Bertz CT molecular complexity index is 816. The molecule has 4 rings (SSSR count). The molecule has 1 heteroatoms. The number of rotatable bonds is 0. The van der Waals surface area contributed by atoms with E-state index in [1.165, 1.54) is 43.8 Å². The van der Waals surface area contributed by atoms with Crippen molar-refractivity contribution in [3.8, 4) is 0 Å². The van der Waals surface area contributed by atoms with Crippen LogP contribution in [-0.4, -0.2) is 4.31 Å². The van der Waals surface area contributed by atoms with Crippen LogP contribution in [0.5, 0.6) is 0 Å². The summed E-state index contributed by atoms with van der Waals surface area (Å²) in [6, 6.07) is 21.7. The fraction of sp³-hybridized carbons (Fsp3) is 0.208. The SMILES string of the molecule is C[CH]=[Ti+2].Cc1ccc(C)c2[cH-]ccc12.Cc1ccc(C)c2[cH-]ccc12. The molecule has 0 fully saturated rings. The van der Waals surface area contributed by atoms with Crippen molar-refractivity contribution in [2.45, 2.75) is 34.6 Å². The summed E-state index contributed by atoms with van der Waals surface area (Å²) in [6.45, 7) is 10.6. The van der Waals surface area contributed by atoms with Gasteiger partial charge in [-0.1, -0.05) is 37.1 Å². The van der Waals surface area contributed by atoms with Crippen molar-refractivity contribution in [1.82, 2.24) is 0 Å². The molecule has 0 aromatic heterocycles. The normalized spacial score (nSPS) is 10.0. The van der Waals surface area contributed by atoms with Gasteiger partial charge in [-0.15, -0.1) is 56.9 Å². The van der Waals surface area contributed by atoms with Crippen LogP contribution in [0.4, 0.5) is 0 Å². The van der Waals surface area contributed by atoms with Gasteiger partial charge in [0, 0.05) is 0 Å². The molecule has 0 saturated heterocycles. The van der Waals surface area contributed by atoms with Crippen LogP contribution in [0.25, 0.3) is 21.5 Å². The topological polar surface area (TPSA) is 0 Å². The predicted octanol–water partition coefficient (Wildman–Crippen LogP) is 6.71. The third-order valence-electron chi connectivity index (χ3n) is 4.50. The summed E-state index contributed by atoms with van der Waals surface area (Å²) in [4.78, 5) is 0. The summed E-state index contributed by atoms with van der Waals surface area (Å²) < 4.78 is 2.00. The van der Waals surface area contributed by atoms with E-state index in [1.807, 2.05) is 31.2 Å². The predicted molar refractivity (Wildman–Crippen MR) is 110 cm³/mol. The first kappa shape index (κ1) is 19.6. The Morgan fingerprint density at radius 1 is 0.640 bits per heavy atom. The van der Waals surface area contributed by atoms with Crippen molar-refractivity contribution in [2.75, 3.05) is 0 Å². The van der Waals surface area contributed by atoms with Crippen molar-refractivity contribution >= 4 is 25.9 Å². The summed E-state index contributed by atoms with van der Waals surface area (Å²) in [7, 11) is 0. The van der Waals surface area contributed by atoms with Crippen molar-refractivity contribution < 1.29 is 20.0 Å². The fourth-order valence-corrected chi connectivity index (χ4v) is 3.07. The van der Waals surface area contributed by atoms with E-state index in [9.17, 15) is 0 Å². The Balaban J connectivity index is 0.000000156. The van der Waals surface area contributed by atoms with E-state index in [2.05, 4.69) is 88.4 Å². The van der Waals surface area contributed by atoms with Gasteiger partial charge in [0.25, 0.3) is 0 Å². The monoisotopic (exact) mass is 362 g/mol. The van der Waals surface area contributed by atoms with Gasteiger partial charge in [0.15, 0.2) is 0 Å². The Morgan fingerprint density at radius 2 is 0.960 bits per heavy atom. The second kappa shape index (κ2) is 9.08. The van der Waals surface area contributed by atoms with E-state index in [1.54, 1.807) is 0 Å². The number of hydrogen-bond donors (Lipinski definition) is 0. The van der Waals surface area contributed by atoms with Gasteiger partial charge < -0.3 is 0 Å². The first-order chi connectivity index (χ1) is 12.0. The van der Waals surface area contributed by atoms with Gasteiger partial charge in [-0.25, -0.2) is 0 Å². The largest absolute Gasteiger partial charge is 0.168 e. The van der Waals surface area contributed by atoms with Gasteiger partial charge in [0.2, 0.25) is 0 Å². The van der Waals surface area contributed by atoms with E-state index in [-0.39, 0.29) is 0 Å². The van der Waals surface area contributed by atoms with E-state index < -0.39 is 0 Å². The molecule has 0 bridgehead atoms. The third kappa shape index (κ3) is 4.66. The molecule has 4 aromatic rings. The number of fused-ring (bicyclic) bond motifs is 2. The smallest absolute Gasteiger partial charge is 0.0488 e. The molecule has 0 unspecified atom stereocenters. The van der Waals surface area contributed by atoms with Crippen LogP contribution in [0, 0.1) is 27.7 Å². The van der Waals surface area contributed by atoms with Crippen molar-refractivity contribution in [1.29, 1.82) is 0 Å². The Morgan fingerprint density at radius 3 is 1.28 bits per heavy atom. The molecule has 4 aromatic carbocycles. The summed E-state index contributed by atoms with van der Waals surface area (Å²) >= 11 is 2.00. The third-order valence-corrected chi connectivity index (χ3v) is 4.50. The van der Waals surface area contributed by atoms with Crippen molar-refractivity contribution in [3.63, 3.8) is 0 Å². The second-order valence-electron chi connectivity index (χ2n) is 6.39. The first-order valence-corrected chi connectivity index (χ1v) is 9.58. The van der Waals surface area contributed by atoms with E-state index in [4.69, 9.17) is 0 Å². The quantitative estimate of drug-likeness (QED) is 0.241. The van der Waals surface area contributed by atoms with E-state index in [0.29, 0.717) is 0 Å². The Labute approximate surface area is 163 Å². The van der Waals surface area contributed by atoms with Crippen LogP contribution in [0.15, 0.2) is 60.7 Å². The molecule has 0 heterocycles. The molecule has 25 heavy (non-hydrogen) atoms. The minimum Gasteiger partial charge on any atom is -0.168 e. The Kier molecular flexibility index (Phi) is 7.11. The average molecular weight is 362 g/mol. The van der Waals surface area contributed by atoms with Crippen molar-refractivity contribution in [3.05, 3.63) is 82.9 Å². The second-order valence-corrected chi connectivity index (χ2v) is 7.30. The minimum absolute atomic E-state index is 1.37. The maximum atomic E-state index is 2.18. The zero-order valence-electron chi connectivity index (χ0n) is 15.9. The van der Waals surface area contributed by atoms with Crippen LogP contribution < -0.4 is 0 Å². The summed E-state index contributed by atoms with van der Waals surface area (Å²) in [5.41, 5.74) is 5.48. The first-order valence-electron chi connectivity index (χ1n) is 8.68. The van der Waals surface area contributed by atoms with Gasteiger partial charge in [-0.2, -0.15) is 24.3 Å². The summed E-state index contributed by atoms with van der Waals surface area (Å²) in [5.74, 6) is 0. The molecule has 0 radical (unpaired) electrons. The van der Waals surface area contributed by atoms with E-state index in [0.717, 1.165) is 0 Å². The van der Waals surface area contributed by atoms with Crippen LogP contribution in [0.3, 0.4) is 0 Å². The zero-order valence-corrected chi connectivity index (χ0v) is 17.4. The van der Waals surface area contributed by atoms with Gasteiger partial charge in [-0.3, -0.25) is 0 Å². The van der Waals surface area contributed by atoms with Crippen LogP contribution in [0.1, 0.15) is 29.2 Å². The standard InChI is InChI=1S/2C11H11.C2H4.Ti/c2*1-8-6-7-9(2)11-5-3-4-10(8)11;1-2;/h2*3-7H,1-2H3;1H,2H3;/q2*-1;;+2. The molecule has 0 nitrogen and oxygen atoms in total. The summed E-state index contributed by atoms with van der Waals surface area (Å²) in [6.07, 6.45) is 0. The molecular weight excluding hydrogens is 336 g/mol. The zero-order chi connectivity index (χ0) is 18.4. The molecule has 0 aliphatic heterocycles. The maximum absolute atomic E-state index is 2.18. The number of hydrogen-bond acceptors (Lipinski definition) is 0. The molecule has 126 valence electrons.